The molecule has 2 aromatic carbocycles. The smallest absolute Gasteiger partial charge is 0.330 e. The average Bonchev–Trinajstić information content (AvgIpc) is 2.92. The van der Waals surface area contributed by atoms with Crippen molar-refractivity contribution in [2.24, 2.45) is 0 Å². The number of rotatable bonds is 16. The van der Waals surface area contributed by atoms with E-state index in [0.29, 0.717) is 24.1 Å². The molecular formula is C29H32O8. The van der Waals surface area contributed by atoms with Gasteiger partial charge in [-0.3, -0.25) is 9.59 Å². The van der Waals surface area contributed by atoms with Crippen molar-refractivity contribution in [3.05, 3.63) is 85.0 Å². The molecule has 0 radical (unpaired) electrons. The van der Waals surface area contributed by atoms with Crippen LogP contribution in [-0.4, -0.2) is 49.9 Å². The lowest BCUT2D eigenvalue weighted by molar-refractivity contribution is -0.139. The maximum atomic E-state index is 11.3. The lowest BCUT2D eigenvalue weighted by Crippen LogP contribution is -2.22. The van der Waals surface area contributed by atoms with E-state index in [0.717, 1.165) is 23.3 Å². The van der Waals surface area contributed by atoms with Gasteiger partial charge in [-0.1, -0.05) is 51.3 Å². The fourth-order valence-electron chi connectivity index (χ4n) is 3.40. The van der Waals surface area contributed by atoms with Crippen molar-refractivity contribution in [1.82, 2.24) is 0 Å². The van der Waals surface area contributed by atoms with Crippen molar-refractivity contribution in [2.45, 2.75) is 44.3 Å². The first-order chi connectivity index (χ1) is 17.7. The third-order valence-corrected chi connectivity index (χ3v) is 5.66. The number of hydrogen-bond acceptors (Lipinski definition) is 8. The topological polar surface area (TPSA) is 105 Å². The summed E-state index contributed by atoms with van der Waals surface area (Å²) >= 11 is 0. The number of ether oxygens (including phenoxy) is 4. The number of aldehydes is 2. The second-order valence-corrected chi connectivity index (χ2v) is 8.58. The summed E-state index contributed by atoms with van der Waals surface area (Å²) in [6, 6.07) is 14.8. The largest absolute Gasteiger partial charge is 0.483 e. The molecule has 2 aromatic rings. The van der Waals surface area contributed by atoms with Gasteiger partial charge in [0.1, 0.15) is 11.5 Å². The molecule has 2 rings (SSSR count). The van der Waals surface area contributed by atoms with Gasteiger partial charge in [0.15, 0.2) is 24.8 Å². The summed E-state index contributed by atoms with van der Waals surface area (Å²) in [6.07, 6.45) is 2.45. The fraction of sp³-hybridized carbons (Fsp3) is 0.310. The third kappa shape index (κ3) is 9.07. The first-order valence-electron chi connectivity index (χ1n) is 11.8. The molecule has 0 saturated heterocycles. The van der Waals surface area contributed by atoms with Crippen molar-refractivity contribution >= 4 is 24.5 Å². The number of benzene rings is 2. The zero-order chi connectivity index (χ0) is 27.3. The number of esters is 2. The van der Waals surface area contributed by atoms with Crippen molar-refractivity contribution in [3.8, 4) is 11.5 Å². The van der Waals surface area contributed by atoms with Gasteiger partial charge >= 0.3 is 11.9 Å². The van der Waals surface area contributed by atoms with Gasteiger partial charge < -0.3 is 18.9 Å². The molecule has 196 valence electrons. The van der Waals surface area contributed by atoms with E-state index < -0.39 is 24.1 Å². The average molecular weight is 509 g/mol. The molecule has 0 amide bonds. The number of carbonyl (C=O) groups is 4. The summed E-state index contributed by atoms with van der Waals surface area (Å²) in [5, 5.41) is 0. The van der Waals surface area contributed by atoms with Gasteiger partial charge in [0.25, 0.3) is 0 Å². The van der Waals surface area contributed by atoms with Crippen LogP contribution in [0.25, 0.3) is 0 Å². The number of hydrogen-bond donors (Lipinski definition) is 0. The minimum atomic E-state index is -0.742. The molecule has 0 aliphatic rings. The Labute approximate surface area is 216 Å². The van der Waals surface area contributed by atoms with Gasteiger partial charge in [-0.05, 0) is 35.4 Å². The van der Waals surface area contributed by atoms with Gasteiger partial charge in [0, 0.05) is 30.4 Å². The minimum absolute atomic E-state index is 0.0510. The first-order valence-corrected chi connectivity index (χ1v) is 11.8. The van der Waals surface area contributed by atoms with E-state index in [9.17, 15) is 19.2 Å². The molecule has 2 atom stereocenters. The highest BCUT2D eigenvalue weighted by Crippen LogP contribution is 2.33. The molecule has 0 N–H and O–H groups in total. The molecule has 8 heteroatoms. The van der Waals surface area contributed by atoms with Crippen LogP contribution in [0.15, 0.2) is 73.8 Å². The van der Waals surface area contributed by atoms with Crippen LogP contribution < -0.4 is 9.47 Å². The Morgan fingerprint density at radius 1 is 0.730 bits per heavy atom. The summed E-state index contributed by atoms with van der Waals surface area (Å²) in [4.78, 5) is 44.9. The Hall–Kier alpha value is -4.20. The molecule has 37 heavy (non-hydrogen) atoms. The van der Waals surface area contributed by atoms with E-state index in [-0.39, 0.29) is 31.5 Å². The van der Waals surface area contributed by atoms with Crippen molar-refractivity contribution in [1.29, 1.82) is 0 Å². The Morgan fingerprint density at radius 3 is 1.38 bits per heavy atom. The SMILES string of the molecule is C=CC(=O)OCCC(C=O)Oc1ccc(C(C)(C)c2ccc(OC(C=O)CCOC(=O)C=C)cc2)cc1. The van der Waals surface area contributed by atoms with Crippen LogP contribution in [0.5, 0.6) is 11.5 Å². The lowest BCUT2D eigenvalue weighted by Gasteiger charge is -2.27. The highest BCUT2D eigenvalue weighted by molar-refractivity contribution is 5.81. The molecule has 0 saturated carbocycles. The highest BCUT2D eigenvalue weighted by Gasteiger charge is 2.23. The van der Waals surface area contributed by atoms with Crippen LogP contribution in [0.3, 0.4) is 0 Å². The van der Waals surface area contributed by atoms with Gasteiger partial charge in [-0.25, -0.2) is 9.59 Å². The summed E-state index contributed by atoms with van der Waals surface area (Å²) in [7, 11) is 0. The quantitative estimate of drug-likeness (QED) is 0.189. The zero-order valence-corrected chi connectivity index (χ0v) is 21.1. The molecular weight excluding hydrogens is 476 g/mol. The van der Waals surface area contributed by atoms with Gasteiger partial charge in [-0.2, -0.15) is 0 Å². The van der Waals surface area contributed by atoms with Crippen LogP contribution in [0.4, 0.5) is 0 Å². The molecule has 0 heterocycles. The molecule has 0 spiro atoms. The van der Waals surface area contributed by atoms with Gasteiger partial charge in [-0.15, -0.1) is 0 Å². The van der Waals surface area contributed by atoms with Gasteiger partial charge in [0.2, 0.25) is 0 Å². The third-order valence-electron chi connectivity index (χ3n) is 5.66. The second kappa shape index (κ2) is 14.4. The van der Waals surface area contributed by atoms with E-state index >= 15 is 0 Å². The molecule has 2 unspecified atom stereocenters. The molecule has 8 nitrogen and oxygen atoms in total. The first kappa shape index (κ1) is 29.0. The van der Waals surface area contributed by atoms with E-state index in [2.05, 4.69) is 27.0 Å². The Balaban J connectivity index is 1.98. The predicted octanol–water partition coefficient (Wildman–Crippen LogP) is 4.14. The highest BCUT2D eigenvalue weighted by atomic mass is 16.5. The molecule has 0 bridgehead atoms. The van der Waals surface area contributed by atoms with E-state index in [1.165, 1.54) is 0 Å². The predicted molar refractivity (Wildman–Crippen MR) is 138 cm³/mol. The minimum Gasteiger partial charge on any atom is -0.483 e. The van der Waals surface area contributed by atoms with Crippen LogP contribution in [-0.2, 0) is 34.1 Å². The van der Waals surface area contributed by atoms with Crippen molar-refractivity contribution < 1.29 is 38.1 Å². The van der Waals surface area contributed by atoms with Crippen LogP contribution in [0.1, 0.15) is 37.8 Å². The zero-order valence-electron chi connectivity index (χ0n) is 21.1. The second-order valence-electron chi connectivity index (χ2n) is 8.58. The van der Waals surface area contributed by atoms with E-state index in [1.54, 1.807) is 24.3 Å². The van der Waals surface area contributed by atoms with Crippen molar-refractivity contribution in [3.63, 3.8) is 0 Å². The molecule has 0 aromatic heterocycles. The number of carbonyl (C=O) groups excluding carboxylic acids is 4. The Bertz CT molecular complexity index is 985. The lowest BCUT2D eigenvalue weighted by atomic mass is 9.78. The van der Waals surface area contributed by atoms with Gasteiger partial charge in [0.05, 0.1) is 13.2 Å². The summed E-state index contributed by atoms with van der Waals surface area (Å²) in [5.41, 5.74) is 1.68. The summed E-state index contributed by atoms with van der Waals surface area (Å²) in [6.45, 7) is 10.9. The molecule has 0 fully saturated rings. The van der Waals surface area contributed by atoms with Crippen LogP contribution in [0, 0.1) is 0 Å². The normalized spacial score (nSPS) is 12.4. The molecule has 0 aliphatic heterocycles. The summed E-state index contributed by atoms with van der Waals surface area (Å²) < 4.78 is 21.2. The van der Waals surface area contributed by atoms with Crippen LogP contribution >= 0.6 is 0 Å². The Kier molecular flexibility index (Phi) is 11.3. The molecule has 0 aliphatic carbocycles. The van der Waals surface area contributed by atoms with Crippen molar-refractivity contribution in [2.75, 3.05) is 13.2 Å². The van der Waals surface area contributed by atoms with E-state index in [1.807, 2.05) is 24.3 Å². The maximum absolute atomic E-state index is 11.3. The summed E-state index contributed by atoms with van der Waals surface area (Å²) in [5.74, 6) is -0.0555. The van der Waals surface area contributed by atoms with Crippen LogP contribution in [0.2, 0.25) is 0 Å². The Morgan fingerprint density at radius 2 is 1.08 bits per heavy atom. The van der Waals surface area contributed by atoms with E-state index in [4.69, 9.17) is 18.9 Å². The maximum Gasteiger partial charge on any atom is 0.330 e. The fourth-order valence-corrected chi connectivity index (χ4v) is 3.40. The standard InChI is InChI=1S/C29H32O8/c1-5-27(32)34-17-15-25(19-30)36-23-11-7-21(8-12-23)29(3,4)22-9-13-24(14-10-22)37-26(20-31)16-18-35-28(33)6-2/h5-14,19-20,25-26H,1-2,15-18H2,3-4H3. The monoisotopic (exact) mass is 508 g/mol.